The Morgan fingerprint density at radius 3 is 2.48 bits per heavy atom. The van der Waals surface area contributed by atoms with Crippen LogP contribution < -0.4 is 0 Å². The summed E-state index contributed by atoms with van der Waals surface area (Å²) in [6.45, 7) is 0. The molecule has 1 atom stereocenters. The van der Waals surface area contributed by atoms with Gasteiger partial charge in [0.1, 0.15) is 11.7 Å². The SMILES string of the molecule is N#CC(C#N)C(Cc1ccc2cccc(Cl)c2n1)c1ccccc1F. The molecule has 25 heavy (non-hydrogen) atoms. The lowest BCUT2D eigenvalue weighted by Gasteiger charge is -2.18. The number of aromatic nitrogens is 1. The fraction of sp³-hybridized carbons (Fsp3) is 0.150. The molecule has 3 rings (SSSR count). The van der Waals surface area contributed by atoms with E-state index in [0.717, 1.165) is 5.39 Å². The second kappa shape index (κ2) is 7.30. The van der Waals surface area contributed by atoms with Gasteiger partial charge in [-0.3, -0.25) is 4.98 Å². The number of fused-ring (bicyclic) bond motifs is 1. The van der Waals surface area contributed by atoms with Crippen LogP contribution in [-0.2, 0) is 6.42 Å². The third kappa shape index (κ3) is 3.45. The highest BCUT2D eigenvalue weighted by molar-refractivity contribution is 6.35. The first-order valence-electron chi connectivity index (χ1n) is 7.72. The average molecular weight is 350 g/mol. The lowest BCUT2D eigenvalue weighted by atomic mass is 9.83. The molecule has 2 aromatic carbocycles. The van der Waals surface area contributed by atoms with Crippen LogP contribution in [0.2, 0.25) is 5.02 Å². The maximum absolute atomic E-state index is 14.2. The van der Waals surface area contributed by atoms with Gasteiger partial charge in [-0.15, -0.1) is 0 Å². The Morgan fingerprint density at radius 1 is 1.00 bits per heavy atom. The molecule has 0 aliphatic rings. The fourth-order valence-corrected chi connectivity index (χ4v) is 3.11. The monoisotopic (exact) mass is 349 g/mol. The molecule has 0 bridgehead atoms. The predicted octanol–water partition coefficient (Wildman–Crippen LogP) is 5.02. The molecule has 0 aliphatic heterocycles. The number of para-hydroxylation sites is 1. The number of halogens is 2. The predicted molar refractivity (Wildman–Crippen MR) is 94.3 cm³/mol. The van der Waals surface area contributed by atoms with Crippen LogP contribution in [0.4, 0.5) is 4.39 Å². The standard InChI is InChI=1S/C20H13ClFN3/c21-18-6-3-4-13-8-9-15(25-20(13)18)10-17(14(11-23)12-24)16-5-1-2-7-19(16)22/h1-9,14,17H,10H2. The quantitative estimate of drug-likeness (QED) is 0.664. The highest BCUT2D eigenvalue weighted by Crippen LogP contribution is 2.31. The first-order chi connectivity index (χ1) is 12.1. The van der Waals surface area contributed by atoms with E-state index in [1.807, 2.05) is 36.4 Å². The molecule has 5 heteroatoms. The molecule has 0 N–H and O–H groups in total. The van der Waals surface area contributed by atoms with Gasteiger partial charge >= 0.3 is 0 Å². The van der Waals surface area contributed by atoms with Gasteiger partial charge in [-0.25, -0.2) is 4.39 Å². The van der Waals surface area contributed by atoms with Crippen molar-refractivity contribution >= 4 is 22.5 Å². The summed E-state index contributed by atoms with van der Waals surface area (Å²) in [6.07, 6.45) is 0.272. The summed E-state index contributed by atoms with van der Waals surface area (Å²) < 4.78 is 14.2. The van der Waals surface area contributed by atoms with Crippen molar-refractivity contribution in [2.75, 3.05) is 0 Å². The lowest BCUT2D eigenvalue weighted by Crippen LogP contribution is -2.15. The van der Waals surface area contributed by atoms with Gasteiger partial charge in [-0.05, 0) is 30.2 Å². The Morgan fingerprint density at radius 2 is 1.76 bits per heavy atom. The number of rotatable bonds is 4. The molecular weight excluding hydrogens is 337 g/mol. The van der Waals surface area contributed by atoms with Gasteiger partial charge in [0.25, 0.3) is 0 Å². The van der Waals surface area contributed by atoms with Gasteiger partial charge in [-0.2, -0.15) is 10.5 Å². The number of nitriles is 2. The van der Waals surface area contributed by atoms with Crippen molar-refractivity contribution < 1.29 is 4.39 Å². The van der Waals surface area contributed by atoms with E-state index in [0.29, 0.717) is 21.8 Å². The van der Waals surface area contributed by atoms with Crippen LogP contribution in [-0.4, -0.2) is 4.98 Å². The van der Waals surface area contributed by atoms with Crippen molar-refractivity contribution in [2.24, 2.45) is 5.92 Å². The summed E-state index contributed by atoms with van der Waals surface area (Å²) in [5.74, 6) is -2.01. The smallest absolute Gasteiger partial charge is 0.140 e. The largest absolute Gasteiger partial charge is 0.251 e. The minimum Gasteiger partial charge on any atom is -0.251 e. The number of pyridine rings is 1. The van der Waals surface area contributed by atoms with Gasteiger partial charge in [0, 0.05) is 17.0 Å². The second-order valence-electron chi connectivity index (χ2n) is 5.68. The molecule has 3 nitrogen and oxygen atoms in total. The van der Waals surface area contributed by atoms with Gasteiger partial charge < -0.3 is 0 Å². The summed E-state index contributed by atoms with van der Waals surface area (Å²) >= 11 is 6.20. The van der Waals surface area contributed by atoms with Crippen LogP contribution in [0.1, 0.15) is 17.2 Å². The maximum atomic E-state index is 14.2. The van der Waals surface area contributed by atoms with E-state index in [1.165, 1.54) is 6.07 Å². The van der Waals surface area contributed by atoms with E-state index in [2.05, 4.69) is 4.98 Å². The van der Waals surface area contributed by atoms with Gasteiger partial charge in [0.05, 0.1) is 22.7 Å². The average Bonchev–Trinajstić information content (AvgIpc) is 2.63. The van der Waals surface area contributed by atoms with Crippen LogP contribution in [0.25, 0.3) is 10.9 Å². The first-order valence-corrected chi connectivity index (χ1v) is 8.09. The normalized spacial score (nSPS) is 11.9. The van der Waals surface area contributed by atoms with Crippen molar-refractivity contribution in [3.8, 4) is 12.1 Å². The van der Waals surface area contributed by atoms with E-state index in [-0.39, 0.29) is 6.42 Å². The van der Waals surface area contributed by atoms with Crippen molar-refractivity contribution in [1.82, 2.24) is 4.98 Å². The Bertz CT molecular complexity index is 990. The van der Waals surface area contributed by atoms with Crippen LogP contribution in [0.5, 0.6) is 0 Å². The molecule has 0 spiro atoms. The molecule has 3 aromatic rings. The number of hydrogen-bond donors (Lipinski definition) is 0. The molecule has 122 valence electrons. The molecule has 0 aliphatic carbocycles. The van der Waals surface area contributed by atoms with Crippen LogP contribution in [0.3, 0.4) is 0 Å². The van der Waals surface area contributed by atoms with E-state index in [4.69, 9.17) is 11.6 Å². The Kier molecular flexibility index (Phi) is 4.93. The zero-order valence-corrected chi connectivity index (χ0v) is 13.9. The summed E-state index contributed by atoms with van der Waals surface area (Å²) in [4.78, 5) is 4.55. The van der Waals surface area contributed by atoms with E-state index in [9.17, 15) is 14.9 Å². The zero-order chi connectivity index (χ0) is 17.8. The van der Waals surface area contributed by atoms with Crippen molar-refractivity contribution in [1.29, 1.82) is 10.5 Å². The molecule has 1 unspecified atom stereocenters. The third-order valence-electron chi connectivity index (χ3n) is 4.14. The van der Waals surface area contributed by atoms with E-state index in [1.54, 1.807) is 24.3 Å². The highest BCUT2D eigenvalue weighted by Gasteiger charge is 2.26. The molecule has 1 heterocycles. The maximum Gasteiger partial charge on any atom is 0.140 e. The number of hydrogen-bond acceptors (Lipinski definition) is 3. The number of nitrogens with zero attached hydrogens (tertiary/aromatic N) is 3. The zero-order valence-electron chi connectivity index (χ0n) is 13.2. The minimum absolute atomic E-state index is 0.272. The Hall–Kier alpha value is -2.95. The van der Waals surface area contributed by atoms with Gasteiger partial charge in [0.15, 0.2) is 0 Å². The minimum atomic E-state index is -0.972. The Labute approximate surface area is 149 Å². The van der Waals surface area contributed by atoms with Gasteiger partial charge in [-0.1, -0.05) is 48.0 Å². The Balaban J connectivity index is 2.04. The molecular formula is C20H13ClFN3. The van der Waals surface area contributed by atoms with Crippen LogP contribution in [0, 0.1) is 34.4 Å². The van der Waals surface area contributed by atoms with Crippen molar-refractivity contribution in [2.45, 2.75) is 12.3 Å². The topological polar surface area (TPSA) is 60.5 Å². The number of benzene rings is 2. The summed E-state index contributed by atoms with van der Waals surface area (Å²) in [7, 11) is 0. The second-order valence-corrected chi connectivity index (χ2v) is 6.09. The van der Waals surface area contributed by atoms with E-state index >= 15 is 0 Å². The molecule has 1 aromatic heterocycles. The lowest BCUT2D eigenvalue weighted by molar-refractivity contribution is 0.540. The van der Waals surface area contributed by atoms with Crippen molar-refractivity contribution in [3.63, 3.8) is 0 Å². The molecule has 0 saturated carbocycles. The third-order valence-corrected chi connectivity index (χ3v) is 4.45. The summed E-state index contributed by atoms with van der Waals surface area (Å²) in [5.41, 5.74) is 1.65. The van der Waals surface area contributed by atoms with Gasteiger partial charge in [0.2, 0.25) is 0 Å². The molecule has 0 fully saturated rings. The summed E-state index contributed by atoms with van der Waals surface area (Å²) in [6, 6.07) is 19.3. The van der Waals surface area contributed by atoms with E-state index < -0.39 is 17.7 Å². The fourth-order valence-electron chi connectivity index (χ4n) is 2.88. The first kappa shape index (κ1) is 16.9. The van der Waals surface area contributed by atoms with Crippen molar-refractivity contribution in [3.05, 3.63) is 76.7 Å². The molecule has 0 saturated heterocycles. The summed E-state index contributed by atoms with van der Waals surface area (Å²) in [5, 5.41) is 20.0. The molecule has 0 radical (unpaired) electrons. The highest BCUT2D eigenvalue weighted by atomic mass is 35.5. The van der Waals surface area contributed by atoms with Crippen LogP contribution in [0.15, 0.2) is 54.6 Å². The molecule has 0 amide bonds. The van der Waals surface area contributed by atoms with Crippen LogP contribution >= 0.6 is 11.6 Å².